The highest BCUT2D eigenvalue weighted by molar-refractivity contribution is 6.33. The number of halogens is 1. The molecular formula is C22H19ClN6O3. The molecule has 1 amide bonds. The molecule has 0 saturated carbocycles. The van der Waals surface area contributed by atoms with Crippen molar-refractivity contribution in [2.45, 2.75) is 0 Å². The molecule has 32 heavy (non-hydrogen) atoms. The number of amides is 1. The lowest BCUT2D eigenvalue weighted by Crippen LogP contribution is -2.36. The Hall–Kier alpha value is -3.69. The Balaban J connectivity index is 1.25. The number of hydrogen-bond acceptors (Lipinski definition) is 8. The SMILES string of the molecule is O=C(Nc1cnc(N2CCOCC2)c(Cl)c1)c1nnc(Nc2ccc3ccccc3c2)o1. The van der Waals surface area contributed by atoms with E-state index in [9.17, 15) is 4.79 Å². The Morgan fingerprint density at radius 3 is 2.62 bits per heavy atom. The van der Waals surface area contributed by atoms with E-state index in [4.69, 9.17) is 20.8 Å². The highest BCUT2D eigenvalue weighted by atomic mass is 35.5. The number of morpholine rings is 1. The lowest BCUT2D eigenvalue weighted by molar-refractivity contribution is 0.0991. The summed E-state index contributed by atoms with van der Waals surface area (Å²) in [6.45, 7) is 2.69. The summed E-state index contributed by atoms with van der Waals surface area (Å²) in [7, 11) is 0. The average molecular weight is 451 g/mol. The summed E-state index contributed by atoms with van der Waals surface area (Å²) in [5.41, 5.74) is 1.20. The van der Waals surface area contributed by atoms with E-state index in [2.05, 4.69) is 25.8 Å². The smallest absolute Gasteiger partial charge is 0.320 e. The molecule has 1 aliphatic heterocycles. The van der Waals surface area contributed by atoms with Crippen LogP contribution in [0, 0.1) is 0 Å². The topological polar surface area (TPSA) is 105 Å². The van der Waals surface area contributed by atoms with E-state index in [-0.39, 0.29) is 11.9 Å². The van der Waals surface area contributed by atoms with E-state index in [0.29, 0.717) is 42.8 Å². The van der Waals surface area contributed by atoms with Gasteiger partial charge in [-0.25, -0.2) is 4.98 Å². The second-order valence-electron chi connectivity index (χ2n) is 7.18. The zero-order valence-electron chi connectivity index (χ0n) is 16.9. The molecule has 0 unspecified atom stereocenters. The molecule has 10 heteroatoms. The number of anilines is 4. The number of rotatable bonds is 5. The number of carbonyl (C=O) groups excluding carboxylic acids is 1. The number of pyridine rings is 1. The number of nitrogens with one attached hydrogen (secondary N) is 2. The van der Waals surface area contributed by atoms with Crippen molar-refractivity contribution in [2.75, 3.05) is 41.8 Å². The summed E-state index contributed by atoms with van der Waals surface area (Å²) in [5, 5.41) is 16.0. The number of ether oxygens (including phenoxy) is 1. The van der Waals surface area contributed by atoms with Crippen LogP contribution in [0.3, 0.4) is 0 Å². The molecule has 162 valence electrons. The zero-order valence-corrected chi connectivity index (χ0v) is 17.7. The van der Waals surface area contributed by atoms with Gasteiger partial charge in [0.05, 0.1) is 30.1 Å². The molecule has 2 aromatic carbocycles. The molecule has 0 atom stereocenters. The lowest BCUT2D eigenvalue weighted by atomic mass is 10.1. The van der Waals surface area contributed by atoms with E-state index in [1.807, 2.05) is 47.4 Å². The minimum Gasteiger partial charge on any atom is -0.399 e. The lowest BCUT2D eigenvalue weighted by Gasteiger charge is -2.28. The second-order valence-corrected chi connectivity index (χ2v) is 7.59. The summed E-state index contributed by atoms with van der Waals surface area (Å²) < 4.78 is 10.8. The van der Waals surface area contributed by atoms with Crippen molar-refractivity contribution in [1.82, 2.24) is 15.2 Å². The van der Waals surface area contributed by atoms with Gasteiger partial charge in [0.15, 0.2) is 0 Å². The molecule has 0 aliphatic carbocycles. The standard InChI is InChI=1S/C22H19ClN6O3/c23-18-12-17(13-24-19(18)29-7-9-31-10-8-29)25-20(30)21-27-28-22(32-21)26-16-6-5-14-3-1-2-4-15(14)11-16/h1-6,11-13H,7-10H2,(H,25,30)(H,26,28). The van der Waals surface area contributed by atoms with Crippen LogP contribution in [0.1, 0.15) is 10.7 Å². The van der Waals surface area contributed by atoms with Crippen LogP contribution >= 0.6 is 11.6 Å². The number of carbonyl (C=O) groups is 1. The van der Waals surface area contributed by atoms with Crippen molar-refractivity contribution in [2.24, 2.45) is 0 Å². The largest absolute Gasteiger partial charge is 0.399 e. The summed E-state index contributed by atoms with van der Waals surface area (Å²) >= 11 is 6.37. The maximum absolute atomic E-state index is 12.5. The Bertz CT molecular complexity index is 1270. The van der Waals surface area contributed by atoms with Gasteiger partial charge in [0, 0.05) is 18.8 Å². The number of nitrogens with zero attached hydrogens (tertiary/aromatic N) is 4. The van der Waals surface area contributed by atoms with Crippen molar-refractivity contribution in [3.8, 4) is 0 Å². The third-order valence-electron chi connectivity index (χ3n) is 5.01. The van der Waals surface area contributed by atoms with Crippen molar-refractivity contribution < 1.29 is 13.9 Å². The Morgan fingerprint density at radius 1 is 1.00 bits per heavy atom. The van der Waals surface area contributed by atoms with Gasteiger partial charge in [-0.15, -0.1) is 5.10 Å². The molecule has 5 rings (SSSR count). The zero-order chi connectivity index (χ0) is 21.9. The number of hydrogen-bond donors (Lipinski definition) is 2. The Labute approximate surface area is 188 Å². The van der Waals surface area contributed by atoms with Crippen molar-refractivity contribution >= 4 is 51.5 Å². The average Bonchev–Trinajstić information content (AvgIpc) is 3.28. The van der Waals surface area contributed by atoms with Gasteiger partial charge in [0.2, 0.25) is 0 Å². The highest BCUT2D eigenvalue weighted by Gasteiger charge is 2.19. The first-order valence-corrected chi connectivity index (χ1v) is 10.4. The van der Waals surface area contributed by atoms with E-state index in [0.717, 1.165) is 16.5 Å². The number of benzene rings is 2. The molecule has 1 saturated heterocycles. The molecule has 1 aliphatic rings. The van der Waals surface area contributed by atoms with Crippen molar-refractivity contribution in [3.05, 3.63) is 65.6 Å². The molecule has 0 spiro atoms. The molecule has 2 N–H and O–H groups in total. The van der Waals surface area contributed by atoms with Gasteiger partial charge >= 0.3 is 17.8 Å². The number of aromatic nitrogens is 3. The molecular weight excluding hydrogens is 432 g/mol. The van der Waals surface area contributed by atoms with Gasteiger partial charge in [0.25, 0.3) is 0 Å². The molecule has 3 heterocycles. The van der Waals surface area contributed by atoms with E-state index < -0.39 is 5.91 Å². The van der Waals surface area contributed by atoms with Crippen LogP contribution in [0.25, 0.3) is 10.8 Å². The Kier molecular flexibility index (Phi) is 5.57. The fourth-order valence-electron chi connectivity index (χ4n) is 3.45. The molecule has 0 bridgehead atoms. The Morgan fingerprint density at radius 2 is 1.81 bits per heavy atom. The molecule has 0 radical (unpaired) electrons. The van der Waals surface area contributed by atoms with Crippen LogP contribution in [0.2, 0.25) is 5.02 Å². The van der Waals surface area contributed by atoms with E-state index >= 15 is 0 Å². The summed E-state index contributed by atoms with van der Waals surface area (Å²) in [4.78, 5) is 18.9. The third-order valence-corrected chi connectivity index (χ3v) is 5.29. The van der Waals surface area contributed by atoms with Gasteiger partial charge in [-0.3, -0.25) is 4.79 Å². The molecule has 4 aromatic rings. The monoisotopic (exact) mass is 450 g/mol. The molecule has 1 fully saturated rings. The van der Waals surface area contributed by atoms with Crippen LogP contribution in [0.5, 0.6) is 0 Å². The van der Waals surface area contributed by atoms with Gasteiger partial charge in [0.1, 0.15) is 5.82 Å². The molecule has 9 nitrogen and oxygen atoms in total. The summed E-state index contributed by atoms with van der Waals surface area (Å²) in [6, 6.07) is 15.6. The first-order chi connectivity index (χ1) is 15.7. The van der Waals surface area contributed by atoms with E-state index in [1.54, 1.807) is 12.3 Å². The molecule has 2 aromatic heterocycles. The summed E-state index contributed by atoms with van der Waals surface area (Å²) in [5.74, 6) is -0.0738. The van der Waals surface area contributed by atoms with Gasteiger partial charge in [-0.1, -0.05) is 47.0 Å². The fraction of sp³-hybridized carbons (Fsp3) is 0.182. The van der Waals surface area contributed by atoms with Crippen LogP contribution in [-0.2, 0) is 4.74 Å². The van der Waals surface area contributed by atoms with Crippen LogP contribution in [0.4, 0.5) is 23.2 Å². The predicted molar refractivity (Wildman–Crippen MR) is 122 cm³/mol. The minimum absolute atomic E-state index is 0.115. The first-order valence-electron chi connectivity index (χ1n) is 10.0. The minimum atomic E-state index is -0.555. The van der Waals surface area contributed by atoms with Crippen molar-refractivity contribution in [1.29, 1.82) is 0 Å². The summed E-state index contributed by atoms with van der Waals surface area (Å²) in [6.07, 6.45) is 1.54. The predicted octanol–water partition coefficient (Wildman–Crippen LogP) is 4.10. The highest BCUT2D eigenvalue weighted by Crippen LogP contribution is 2.27. The fourth-order valence-corrected chi connectivity index (χ4v) is 3.73. The van der Waals surface area contributed by atoms with Crippen molar-refractivity contribution in [3.63, 3.8) is 0 Å². The van der Waals surface area contributed by atoms with Gasteiger partial charge < -0.3 is 24.7 Å². The quantitative estimate of drug-likeness (QED) is 0.468. The number of fused-ring (bicyclic) bond motifs is 1. The van der Waals surface area contributed by atoms with Gasteiger partial charge in [-0.05, 0) is 29.0 Å². The van der Waals surface area contributed by atoms with Crippen LogP contribution in [0.15, 0.2) is 59.1 Å². The van der Waals surface area contributed by atoms with E-state index in [1.165, 1.54) is 0 Å². The maximum atomic E-state index is 12.5. The maximum Gasteiger partial charge on any atom is 0.320 e. The van der Waals surface area contributed by atoms with Gasteiger partial charge in [-0.2, -0.15) is 0 Å². The normalized spacial score (nSPS) is 13.8. The second kappa shape index (κ2) is 8.81. The first kappa shape index (κ1) is 20.2. The van der Waals surface area contributed by atoms with Crippen LogP contribution < -0.4 is 15.5 Å². The third kappa shape index (κ3) is 4.34. The van der Waals surface area contributed by atoms with Crippen LogP contribution in [-0.4, -0.2) is 47.4 Å².